The van der Waals surface area contributed by atoms with Gasteiger partial charge in [-0.25, -0.2) is 0 Å². The summed E-state index contributed by atoms with van der Waals surface area (Å²) in [6.07, 6.45) is 8.49. The predicted molar refractivity (Wildman–Crippen MR) is 151 cm³/mol. The van der Waals surface area contributed by atoms with Gasteiger partial charge in [0.1, 0.15) is 5.75 Å². The molecule has 0 saturated carbocycles. The van der Waals surface area contributed by atoms with Gasteiger partial charge in [-0.05, 0) is 63.5 Å². The number of rotatable bonds is 17. The van der Waals surface area contributed by atoms with Crippen LogP contribution in [0.15, 0.2) is 12.1 Å². The molecule has 1 aliphatic rings. The molecule has 1 fully saturated rings. The predicted octanol–water partition coefficient (Wildman–Crippen LogP) is 3.70. The number of unbranched alkanes of at least 4 members (excludes halogenated alkanes) is 4. The molecule has 38 heavy (non-hydrogen) atoms. The van der Waals surface area contributed by atoms with Crippen molar-refractivity contribution in [2.24, 2.45) is 5.92 Å². The summed E-state index contributed by atoms with van der Waals surface area (Å²) < 4.78 is 5.30. The van der Waals surface area contributed by atoms with E-state index >= 15 is 0 Å². The molecule has 1 atom stereocenters. The number of piperidine rings is 1. The van der Waals surface area contributed by atoms with Crippen molar-refractivity contribution in [3.63, 3.8) is 0 Å². The molecule has 2 amide bonds. The summed E-state index contributed by atoms with van der Waals surface area (Å²) in [7, 11) is 1.50. The van der Waals surface area contributed by atoms with Crippen molar-refractivity contribution in [1.29, 1.82) is 0 Å². The van der Waals surface area contributed by atoms with Crippen molar-refractivity contribution in [3.8, 4) is 5.75 Å². The van der Waals surface area contributed by atoms with E-state index in [1.54, 1.807) is 12.1 Å². The van der Waals surface area contributed by atoms with E-state index in [4.69, 9.17) is 32.3 Å². The third-order valence-corrected chi connectivity index (χ3v) is 7.48. The van der Waals surface area contributed by atoms with Gasteiger partial charge >= 0.3 is 0 Å². The van der Waals surface area contributed by atoms with E-state index in [9.17, 15) is 9.59 Å². The van der Waals surface area contributed by atoms with Gasteiger partial charge in [-0.15, -0.1) is 0 Å². The fourth-order valence-corrected chi connectivity index (χ4v) is 5.01. The van der Waals surface area contributed by atoms with Gasteiger partial charge in [-0.3, -0.25) is 9.59 Å². The third kappa shape index (κ3) is 12.2. The Hall–Kier alpha value is -2.07. The van der Waals surface area contributed by atoms with Crippen molar-refractivity contribution in [2.75, 3.05) is 39.0 Å². The number of aliphatic hydroxyl groups is 2. The zero-order chi connectivity index (χ0) is 27.9. The van der Waals surface area contributed by atoms with Gasteiger partial charge in [0.2, 0.25) is 5.91 Å². The largest absolute Gasteiger partial charge is 0.496 e. The van der Waals surface area contributed by atoms with Crippen LogP contribution in [-0.2, 0) is 4.79 Å². The zero-order valence-corrected chi connectivity index (χ0v) is 23.8. The molecule has 216 valence electrons. The minimum atomic E-state index is -1.20. The number of amides is 2. The van der Waals surface area contributed by atoms with Crippen LogP contribution in [0, 0.1) is 5.92 Å². The quantitative estimate of drug-likeness (QED) is 0.112. The lowest BCUT2D eigenvalue weighted by atomic mass is 10.00. The molecule has 6 N–H and O–H groups in total. The number of halogens is 1. The highest BCUT2D eigenvalue weighted by Gasteiger charge is 2.23. The van der Waals surface area contributed by atoms with Gasteiger partial charge in [0.25, 0.3) is 5.91 Å². The lowest BCUT2D eigenvalue weighted by Gasteiger charge is -2.32. The van der Waals surface area contributed by atoms with Crippen LogP contribution < -0.4 is 21.1 Å². The number of ether oxygens (including phenoxy) is 1. The number of carbonyl (C=O) groups is 2. The van der Waals surface area contributed by atoms with Crippen LogP contribution in [-0.4, -0.2) is 72.5 Å². The summed E-state index contributed by atoms with van der Waals surface area (Å²) in [5.41, 5.74) is 6.59. The van der Waals surface area contributed by atoms with Crippen LogP contribution in [0.2, 0.25) is 5.02 Å². The smallest absolute Gasteiger partial charge is 0.255 e. The molecular formula is C28H47ClN4O5. The molecule has 0 aromatic heterocycles. The highest BCUT2D eigenvalue weighted by molar-refractivity contribution is 6.33. The van der Waals surface area contributed by atoms with Crippen LogP contribution in [0.1, 0.15) is 87.9 Å². The number of methoxy groups -OCH3 is 1. The molecule has 1 aliphatic heterocycles. The first-order chi connectivity index (χ1) is 18.2. The van der Waals surface area contributed by atoms with Gasteiger partial charge < -0.3 is 36.2 Å². The number of nitrogen functional groups attached to an aromatic ring is 1. The number of nitrogens with one attached hydrogen (secondary N) is 2. The fourth-order valence-electron chi connectivity index (χ4n) is 4.84. The molecule has 1 saturated heterocycles. The molecule has 10 heteroatoms. The number of carbonyl (C=O) groups excluding carboxylic acids is 2. The summed E-state index contributed by atoms with van der Waals surface area (Å²) >= 11 is 6.10. The summed E-state index contributed by atoms with van der Waals surface area (Å²) in [6, 6.07) is 3.23. The van der Waals surface area contributed by atoms with Crippen molar-refractivity contribution in [2.45, 2.75) is 89.9 Å². The maximum Gasteiger partial charge on any atom is 0.255 e. The second-order valence-corrected chi connectivity index (χ2v) is 10.9. The summed E-state index contributed by atoms with van der Waals surface area (Å²) in [4.78, 5) is 27.4. The molecule has 0 bridgehead atoms. The number of hydrogen-bond donors (Lipinski definition) is 5. The molecule has 9 nitrogen and oxygen atoms in total. The highest BCUT2D eigenvalue weighted by Crippen LogP contribution is 2.29. The molecule has 1 heterocycles. The molecule has 1 unspecified atom stereocenters. The van der Waals surface area contributed by atoms with Crippen molar-refractivity contribution < 1.29 is 24.5 Å². The average Bonchev–Trinajstić information content (AvgIpc) is 2.87. The van der Waals surface area contributed by atoms with Crippen molar-refractivity contribution in [1.82, 2.24) is 15.5 Å². The highest BCUT2D eigenvalue weighted by atomic mass is 35.5. The Kier molecular flexibility index (Phi) is 14.8. The zero-order valence-electron chi connectivity index (χ0n) is 23.0. The molecule has 0 aliphatic carbocycles. The van der Waals surface area contributed by atoms with E-state index in [1.807, 2.05) is 0 Å². The Labute approximate surface area is 232 Å². The maximum absolute atomic E-state index is 12.8. The number of nitrogens with two attached hydrogens (primary N) is 1. The van der Waals surface area contributed by atoms with E-state index in [-0.39, 0.29) is 17.9 Å². The second-order valence-electron chi connectivity index (χ2n) is 10.5. The Morgan fingerprint density at radius 1 is 1.11 bits per heavy atom. The minimum absolute atomic E-state index is 0.107. The van der Waals surface area contributed by atoms with Crippen LogP contribution in [0.5, 0.6) is 5.75 Å². The van der Waals surface area contributed by atoms with Gasteiger partial charge in [-0.2, -0.15) is 0 Å². The van der Waals surface area contributed by atoms with Crippen molar-refractivity contribution >= 4 is 29.1 Å². The fraction of sp³-hybridized carbons (Fsp3) is 0.714. The Morgan fingerprint density at radius 2 is 1.79 bits per heavy atom. The first-order valence-electron chi connectivity index (χ1n) is 14.0. The average molecular weight is 555 g/mol. The van der Waals surface area contributed by atoms with E-state index in [1.165, 1.54) is 7.11 Å². The lowest BCUT2D eigenvalue weighted by molar-refractivity contribution is -0.121. The van der Waals surface area contributed by atoms with Gasteiger partial charge in [-0.1, -0.05) is 37.8 Å². The topological polar surface area (TPSA) is 137 Å². The van der Waals surface area contributed by atoms with Crippen LogP contribution >= 0.6 is 11.6 Å². The SMILES string of the molecule is COc1cc(N)c(Cl)cc1C(=O)NC1CCN(CCCC(C)CC(=O)NCCCCCCCC(O)O)CC1. The first kappa shape index (κ1) is 32.1. The number of hydrogen-bond acceptors (Lipinski definition) is 7. The molecule has 2 rings (SSSR count). The minimum Gasteiger partial charge on any atom is -0.496 e. The van der Waals surface area contributed by atoms with Gasteiger partial charge in [0, 0.05) is 38.2 Å². The molecular weight excluding hydrogens is 508 g/mol. The molecule has 0 radical (unpaired) electrons. The van der Waals surface area contributed by atoms with Gasteiger partial charge in [0.05, 0.1) is 23.4 Å². The normalized spacial score (nSPS) is 15.4. The third-order valence-electron chi connectivity index (χ3n) is 7.15. The molecule has 0 spiro atoms. The lowest BCUT2D eigenvalue weighted by Crippen LogP contribution is -2.45. The molecule has 1 aromatic carbocycles. The maximum atomic E-state index is 12.8. The van der Waals surface area contributed by atoms with Crippen LogP contribution in [0.4, 0.5) is 5.69 Å². The first-order valence-corrected chi connectivity index (χ1v) is 14.4. The number of aliphatic hydroxyl groups excluding tert-OH is 1. The molecule has 1 aromatic rings. The standard InChI is InChI=1S/C28H47ClN4O5/c1-20(17-26(34)31-13-7-5-3-4-6-10-27(35)36)9-8-14-33-15-11-21(12-16-33)32-28(37)22-18-23(29)24(30)19-25(22)38-2/h18-21,27,35-36H,3-17,30H2,1-2H3,(H,31,34)(H,32,37). The Morgan fingerprint density at radius 3 is 2.47 bits per heavy atom. The number of likely N-dealkylation sites (tertiary alicyclic amines) is 1. The van der Waals surface area contributed by atoms with Crippen LogP contribution in [0.25, 0.3) is 0 Å². The summed E-state index contributed by atoms with van der Waals surface area (Å²) in [5, 5.41) is 24.1. The van der Waals surface area contributed by atoms with E-state index < -0.39 is 6.29 Å². The van der Waals surface area contributed by atoms with Crippen molar-refractivity contribution in [3.05, 3.63) is 22.7 Å². The monoisotopic (exact) mass is 554 g/mol. The van der Waals surface area contributed by atoms with E-state index in [0.29, 0.717) is 47.3 Å². The Bertz CT molecular complexity index is 862. The number of benzene rings is 1. The Balaban J connectivity index is 1.55. The van der Waals surface area contributed by atoms with E-state index in [2.05, 4.69) is 22.5 Å². The summed E-state index contributed by atoms with van der Waals surface area (Å²) in [6.45, 7) is 5.70. The number of nitrogens with zero attached hydrogens (tertiary/aromatic N) is 1. The van der Waals surface area contributed by atoms with Gasteiger partial charge in [0.15, 0.2) is 6.29 Å². The summed E-state index contributed by atoms with van der Waals surface area (Å²) in [5.74, 6) is 0.681. The van der Waals surface area contributed by atoms with E-state index in [0.717, 1.165) is 77.4 Å². The van der Waals surface area contributed by atoms with Crippen LogP contribution in [0.3, 0.4) is 0 Å². The second kappa shape index (κ2) is 17.5. The number of anilines is 1.